The highest BCUT2D eigenvalue weighted by molar-refractivity contribution is 9.12. The van der Waals surface area contributed by atoms with Crippen LogP contribution in [0.1, 0.15) is 72.1 Å². The van der Waals surface area contributed by atoms with Gasteiger partial charge >= 0.3 is 5.97 Å². The van der Waals surface area contributed by atoms with Gasteiger partial charge in [-0.15, -0.1) is 0 Å². The molecular weight excluding hydrogens is 500 g/mol. The molecule has 4 aliphatic carbocycles. The zero-order valence-electron chi connectivity index (χ0n) is 17.8. The molecule has 4 rings (SSSR count). The first kappa shape index (κ1) is 22.3. The Hall–Kier alpha value is 0.0600. The van der Waals surface area contributed by atoms with Crippen molar-refractivity contribution in [3.8, 4) is 0 Å². The lowest BCUT2D eigenvalue weighted by Gasteiger charge is -2.65. The van der Waals surface area contributed by atoms with Gasteiger partial charge in [-0.2, -0.15) is 0 Å². The van der Waals surface area contributed by atoms with Crippen molar-refractivity contribution in [2.45, 2.75) is 87.4 Å². The predicted molar refractivity (Wildman–Crippen MR) is 119 cm³/mol. The van der Waals surface area contributed by atoms with Gasteiger partial charge in [-0.05, 0) is 68.6 Å². The van der Waals surface area contributed by atoms with Gasteiger partial charge in [0.2, 0.25) is 0 Å². The molecule has 0 unspecified atom stereocenters. The maximum absolute atomic E-state index is 12.7. The van der Waals surface area contributed by atoms with Crippen LogP contribution in [-0.2, 0) is 19.1 Å². The molecule has 0 aromatic heterocycles. The molecule has 4 fully saturated rings. The van der Waals surface area contributed by atoms with Crippen LogP contribution in [0.2, 0.25) is 0 Å². The van der Waals surface area contributed by atoms with Gasteiger partial charge in [0.25, 0.3) is 0 Å². The largest absolute Gasteiger partial charge is 0.461 e. The Morgan fingerprint density at radius 1 is 1.17 bits per heavy atom. The second kappa shape index (κ2) is 7.88. The second-order valence-corrected chi connectivity index (χ2v) is 12.8. The number of ether oxygens (including phenoxy) is 2. The lowest BCUT2D eigenvalue weighted by atomic mass is 9.45. The van der Waals surface area contributed by atoms with Gasteiger partial charge in [0.15, 0.2) is 0 Å². The fraction of sp³-hybridized carbons (Fsp3) is 0.913. The summed E-state index contributed by atoms with van der Waals surface area (Å²) < 4.78 is 10.9. The van der Waals surface area contributed by atoms with Crippen molar-refractivity contribution in [2.75, 3.05) is 13.2 Å². The van der Waals surface area contributed by atoms with Crippen molar-refractivity contribution < 1.29 is 19.1 Å². The van der Waals surface area contributed by atoms with E-state index >= 15 is 0 Å². The molecule has 0 spiro atoms. The van der Waals surface area contributed by atoms with Crippen LogP contribution in [0, 0.1) is 28.6 Å². The molecule has 0 saturated heterocycles. The molecule has 4 nitrogen and oxygen atoms in total. The van der Waals surface area contributed by atoms with E-state index in [1.807, 2.05) is 6.92 Å². The summed E-state index contributed by atoms with van der Waals surface area (Å²) in [5.41, 5.74) is 0.0441. The molecule has 6 heteroatoms. The third-order valence-electron chi connectivity index (χ3n) is 9.12. The first-order valence-corrected chi connectivity index (χ1v) is 13.0. The van der Waals surface area contributed by atoms with Gasteiger partial charge in [0.1, 0.15) is 18.5 Å². The van der Waals surface area contributed by atoms with Crippen LogP contribution in [-0.4, -0.2) is 40.2 Å². The molecule has 0 aromatic carbocycles. The van der Waals surface area contributed by atoms with E-state index in [9.17, 15) is 9.59 Å². The van der Waals surface area contributed by atoms with Crippen LogP contribution in [0.5, 0.6) is 0 Å². The Morgan fingerprint density at radius 3 is 2.66 bits per heavy atom. The Labute approximate surface area is 191 Å². The van der Waals surface area contributed by atoms with E-state index in [0.29, 0.717) is 35.0 Å². The number of esters is 1. The number of hydrogen-bond acceptors (Lipinski definition) is 4. The molecule has 0 aliphatic heterocycles. The lowest BCUT2D eigenvalue weighted by Crippen LogP contribution is -2.64. The molecule has 29 heavy (non-hydrogen) atoms. The fourth-order valence-corrected chi connectivity index (χ4v) is 9.61. The van der Waals surface area contributed by atoms with E-state index in [0.717, 1.165) is 51.4 Å². The molecule has 8 atom stereocenters. The topological polar surface area (TPSA) is 52.6 Å². The second-order valence-electron chi connectivity index (χ2n) is 10.3. The number of halogens is 2. The van der Waals surface area contributed by atoms with E-state index in [-0.39, 0.29) is 33.8 Å². The average Bonchev–Trinajstić information content (AvgIpc) is 2.98. The lowest BCUT2D eigenvalue weighted by molar-refractivity contribution is -0.162. The number of carbonyl (C=O) groups excluding carboxylic acids is 2. The van der Waals surface area contributed by atoms with Crippen molar-refractivity contribution >= 4 is 43.6 Å². The number of Topliss-reactive ketones (excluding diaryl/α,β-unsaturated/α-hetero) is 1. The SMILES string of the molecule is CCOCC(=O)O[C@H]1CC[C@]2(C)[C@H]3CC[C@]4(C)C(=O)CC[C@H]4[C@@H]3C[C@@H](Br)[C@@]2(Br)C1. The average molecular weight is 534 g/mol. The van der Waals surface area contributed by atoms with Crippen LogP contribution >= 0.6 is 31.9 Å². The van der Waals surface area contributed by atoms with E-state index in [4.69, 9.17) is 9.47 Å². The molecule has 0 heterocycles. The zero-order chi connectivity index (χ0) is 21.0. The minimum absolute atomic E-state index is 0.0380. The minimum atomic E-state index is -0.255. The molecule has 4 aliphatic rings. The molecular formula is C23H34Br2O4. The van der Waals surface area contributed by atoms with Gasteiger partial charge in [0, 0.05) is 34.0 Å². The van der Waals surface area contributed by atoms with Gasteiger partial charge in [0.05, 0.1) is 0 Å². The Balaban J connectivity index is 1.54. The smallest absolute Gasteiger partial charge is 0.332 e. The Morgan fingerprint density at radius 2 is 1.93 bits per heavy atom. The summed E-state index contributed by atoms with van der Waals surface area (Å²) in [7, 11) is 0. The Bertz CT molecular complexity index is 684. The number of alkyl halides is 2. The molecule has 0 N–H and O–H groups in total. The van der Waals surface area contributed by atoms with Crippen LogP contribution in [0.25, 0.3) is 0 Å². The van der Waals surface area contributed by atoms with Gasteiger partial charge in [-0.1, -0.05) is 45.7 Å². The van der Waals surface area contributed by atoms with Crippen molar-refractivity contribution in [2.24, 2.45) is 28.6 Å². The quantitative estimate of drug-likeness (QED) is 0.357. The molecule has 0 aromatic rings. The van der Waals surface area contributed by atoms with E-state index < -0.39 is 0 Å². The third-order valence-corrected chi connectivity index (χ3v) is 12.7. The fourth-order valence-electron chi connectivity index (χ4n) is 7.42. The molecule has 0 radical (unpaired) electrons. The van der Waals surface area contributed by atoms with E-state index in [1.54, 1.807) is 0 Å². The third kappa shape index (κ3) is 3.38. The minimum Gasteiger partial charge on any atom is -0.461 e. The van der Waals surface area contributed by atoms with Crippen LogP contribution in [0.4, 0.5) is 0 Å². The first-order chi connectivity index (χ1) is 13.7. The predicted octanol–water partition coefficient (Wildman–Crippen LogP) is 5.44. The summed E-state index contributed by atoms with van der Waals surface area (Å²) >= 11 is 8.25. The van der Waals surface area contributed by atoms with Crippen LogP contribution in [0.3, 0.4) is 0 Å². The number of fused-ring (bicyclic) bond motifs is 5. The highest BCUT2D eigenvalue weighted by Crippen LogP contribution is 2.69. The number of hydrogen-bond donors (Lipinski definition) is 0. The van der Waals surface area contributed by atoms with Crippen molar-refractivity contribution in [3.63, 3.8) is 0 Å². The number of rotatable bonds is 4. The number of carbonyl (C=O) groups is 2. The number of ketones is 1. The summed E-state index contributed by atoms with van der Waals surface area (Å²) in [6.07, 6.45) is 7.84. The standard InChI is InChI=1S/C23H34Br2O4/c1-4-28-13-20(27)29-14-7-10-22(3)17-8-9-21(2)16(5-6-19(21)26)15(17)11-18(24)23(22,25)12-14/h14-18H,4-13H2,1-3H3/t14-,15-,16-,17-,18+,21-,22+,23-/m0/s1. The molecule has 164 valence electrons. The zero-order valence-corrected chi connectivity index (χ0v) is 21.0. The Kier molecular flexibility index (Phi) is 6.05. The van der Waals surface area contributed by atoms with Gasteiger partial charge < -0.3 is 9.47 Å². The normalized spacial score (nSPS) is 49.1. The van der Waals surface area contributed by atoms with Crippen LogP contribution in [0.15, 0.2) is 0 Å². The summed E-state index contributed by atoms with van der Waals surface area (Å²) in [5.74, 6) is 2.01. The first-order valence-electron chi connectivity index (χ1n) is 11.3. The molecule has 0 amide bonds. The highest BCUT2D eigenvalue weighted by Gasteiger charge is 2.67. The summed E-state index contributed by atoms with van der Waals surface area (Å²) in [6, 6.07) is 0. The molecule has 4 saturated carbocycles. The maximum Gasteiger partial charge on any atom is 0.332 e. The molecule has 0 bridgehead atoms. The van der Waals surface area contributed by atoms with Crippen molar-refractivity contribution in [1.82, 2.24) is 0 Å². The monoisotopic (exact) mass is 532 g/mol. The highest BCUT2D eigenvalue weighted by atomic mass is 79.9. The van der Waals surface area contributed by atoms with Gasteiger partial charge in [-0.25, -0.2) is 4.79 Å². The van der Waals surface area contributed by atoms with Crippen LogP contribution < -0.4 is 0 Å². The van der Waals surface area contributed by atoms with Gasteiger partial charge in [-0.3, -0.25) is 4.79 Å². The summed E-state index contributed by atoms with van der Waals surface area (Å²) in [6.45, 7) is 7.13. The van der Waals surface area contributed by atoms with Crippen molar-refractivity contribution in [1.29, 1.82) is 0 Å². The van der Waals surface area contributed by atoms with E-state index in [2.05, 4.69) is 45.7 Å². The summed E-state index contributed by atoms with van der Waals surface area (Å²) in [5, 5.41) is 0. The van der Waals surface area contributed by atoms with E-state index in [1.165, 1.54) is 0 Å². The van der Waals surface area contributed by atoms with Crippen molar-refractivity contribution in [3.05, 3.63) is 0 Å². The summed E-state index contributed by atoms with van der Waals surface area (Å²) in [4.78, 5) is 25.1. The maximum atomic E-state index is 12.7.